The van der Waals surface area contributed by atoms with E-state index in [4.69, 9.17) is 0 Å². The first kappa shape index (κ1) is 9.69. The van der Waals surface area contributed by atoms with Crippen LogP contribution in [0.5, 0.6) is 0 Å². The van der Waals surface area contributed by atoms with Gasteiger partial charge < -0.3 is 4.90 Å². The molecular formula is C15H17NO. The van der Waals surface area contributed by atoms with E-state index in [0.29, 0.717) is 11.8 Å². The monoisotopic (exact) mass is 227 g/mol. The predicted molar refractivity (Wildman–Crippen MR) is 67.1 cm³/mol. The summed E-state index contributed by atoms with van der Waals surface area (Å²) in [6.07, 6.45) is 6.91. The van der Waals surface area contributed by atoms with E-state index >= 15 is 0 Å². The third-order valence-corrected chi connectivity index (χ3v) is 5.02. The number of carbonyl (C=O) groups excluding carboxylic acids is 1. The van der Waals surface area contributed by atoms with E-state index < -0.39 is 0 Å². The fourth-order valence-electron chi connectivity index (χ4n) is 4.39. The van der Waals surface area contributed by atoms with E-state index in [1.807, 2.05) is 0 Å². The van der Waals surface area contributed by atoms with Crippen molar-refractivity contribution in [3.05, 3.63) is 29.8 Å². The highest BCUT2D eigenvalue weighted by atomic mass is 16.2. The molecule has 3 aliphatic rings. The van der Waals surface area contributed by atoms with Crippen molar-refractivity contribution in [3.8, 4) is 0 Å². The topological polar surface area (TPSA) is 20.3 Å². The van der Waals surface area contributed by atoms with Gasteiger partial charge in [0.25, 0.3) is 0 Å². The van der Waals surface area contributed by atoms with Gasteiger partial charge in [0.2, 0.25) is 5.91 Å². The molecule has 0 bridgehead atoms. The quantitative estimate of drug-likeness (QED) is 0.666. The number of carbonyl (C=O) groups is 1. The molecule has 2 fully saturated rings. The number of benzene rings is 1. The lowest BCUT2D eigenvalue weighted by atomic mass is 9.71. The molecule has 1 amide bonds. The maximum absolute atomic E-state index is 12.2. The number of hydrogen-bond donors (Lipinski definition) is 0. The second kappa shape index (κ2) is 3.12. The molecule has 1 saturated heterocycles. The number of hydrogen-bond acceptors (Lipinski definition) is 1. The van der Waals surface area contributed by atoms with Gasteiger partial charge in [0, 0.05) is 18.0 Å². The van der Waals surface area contributed by atoms with Crippen molar-refractivity contribution in [2.24, 2.45) is 0 Å². The van der Waals surface area contributed by atoms with Crippen LogP contribution in [0.4, 0.5) is 5.69 Å². The largest absolute Gasteiger partial charge is 0.305 e. The van der Waals surface area contributed by atoms with Gasteiger partial charge in [-0.15, -0.1) is 0 Å². The summed E-state index contributed by atoms with van der Waals surface area (Å²) in [7, 11) is 0. The number of nitrogens with zero attached hydrogens (tertiary/aromatic N) is 1. The molecule has 0 radical (unpaired) electrons. The molecule has 2 nitrogen and oxygen atoms in total. The van der Waals surface area contributed by atoms with Crippen LogP contribution in [-0.2, 0) is 4.79 Å². The Morgan fingerprint density at radius 1 is 1.18 bits per heavy atom. The Bertz CT molecular complexity index is 495. The maximum atomic E-state index is 12.2. The molecule has 0 N–H and O–H groups in total. The first-order valence-electron chi connectivity index (χ1n) is 6.75. The van der Waals surface area contributed by atoms with Gasteiger partial charge in [-0.05, 0) is 30.9 Å². The van der Waals surface area contributed by atoms with Crippen molar-refractivity contribution in [2.75, 3.05) is 4.90 Å². The van der Waals surface area contributed by atoms with Crippen LogP contribution < -0.4 is 4.90 Å². The predicted octanol–water partition coefficient (Wildman–Crippen LogP) is 3.22. The molecule has 88 valence electrons. The van der Waals surface area contributed by atoms with Crippen LogP contribution in [0.2, 0.25) is 0 Å². The molecule has 1 aromatic carbocycles. The van der Waals surface area contributed by atoms with Crippen LogP contribution >= 0.6 is 0 Å². The van der Waals surface area contributed by atoms with Crippen LogP contribution in [0.1, 0.15) is 50.0 Å². The summed E-state index contributed by atoms with van der Waals surface area (Å²) >= 11 is 0. The number of para-hydroxylation sites is 1. The summed E-state index contributed by atoms with van der Waals surface area (Å²) in [5.41, 5.74) is 2.81. The van der Waals surface area contributed by atoms with Crippen molar-refractivity contribution < 1.29 is 4.79 Å². The van der Waals surface area contributed by atoms with E-state index in [0.717, 1.165) is 12.8 Å². The van der Waals surface area contributed by atoms with Crippen LogP contribution in [0.3, 0.4) is 0 Å². The van der Waals surface area contributed by atoms with Crippen molar-refractivity contribution in [2.45, 2.75) is 50.0 Å². The molecule has 2 heterocycles. The van der Waals surface area contributed by atoms with E-state index in [9.17, 15) is 4.79 Å². The number of fused-ring (bicyclic) bond motifs is 3. The molecule has 0 aromatic heterocycles. The van der Waals surface area contributed by atoms with Gasteiger partial charge in [-0.2, -0.15) is 0 Å². The third-order valence-electron chi connectivity index (χ3n) is 5.02. The van der Waals surface area contributed by atoms with E-state index in [2.05, 4.69) is 29.2 Å². The molecule has 1 spiro atoms. The van der Waals surface area contributed by atoms with Crippen LogP contribution in [0.25, 0.3) is 0 Å². The number of anilines is 1. The Balaban J connectivity index is 1.95. The van der Waals surface area contributed by atoms with Gasteiger partial charge in [0.1, 0.15) is 0 Å². The summed E-state index contributed by atoms with van der Waals surface area (Å²) in [5, 5.41) is 0. The highest BCUT2D eigenvalue weighted by Crippen LogP contribution is 2.59. The number of rotatable bonds is 0. The second-order valence-electron chi connectivity index (χ2n) is 5.69. The first-order chi connectivity index (χ1) is 8.33. The zero-order valence-electron chi connectivity index (χ0n) is 9.98. The Hall–Kier alpha value is -1.31. The molecule has 1 unspecified atom stereocenters. The molecular weight excluding hydrogens is 210 g/mol. The second-order valence-corrected chi connectivity index (χ2v) is 5.69. The van der Waals surface area contributed by atoms with Gasteiger partial charge in [-0.25, -0.2) is 0 Å². The fourth-order valence-corrected chi connectivity index (χ4v) is 4.39. The smallest absolute Gasteiger partial charge is 0.227 e. The molecule has 2 atom stereocenters. The summed E-state index contributed by atoms with van der Waals surface area (Å²) in [5.74, 6) is 0.959. The molecule has 1 aromatic rings. The minimum atomic E-state index is 0.166. The minimum absolute atomic E-state index is 0.166. The summed E-state index contributed by atoms with van der Waals surface area (Å²) in [4.78, 5) is 14.4. The Kier molecular flexibility index (Phi) is 1.78. The normalized spacial score (nSPS) is 34.5. The van der Waals surface area contributed by atoms with E-state index in [1.165, 1.54) is 36.9 Å². The molecule has 2 aliphatic heterocycles. The lowest BCUT2D eigenvalue weighted by Crippen LogP contribution is -2.47. The van der Waals surface area contributed by atoms with Crippen molar-refractivity contribution in [1.82, 2.24) is 0 Å². The maximum Gasteiger partial charge on any atom is 0.227 e. The minimum Gasteiger partial charge on any atom is -0.305 e. The fraction of sp³-hybridized carbons (Fsp3) is 0.533. The Morgan fingerprint density at radius 2 is 2.06 bits per heavy atom. The SMILES string of the molecule is O=C1CCC23CCCC[C@@H]2c2ccccc2N13. The zero-order chi connectivity index (χ0) is 11.5. The van der Waals surface area contributed by atoms with E-state index in [-0.39, 0.29) is 5.54 Å². The molecule has 17 heavy (non-hydrogen) atoms. The van der Waals surface area contributed by atoms with Gasteiger partial charge in [-0.1, -0.05) is 31.0 Å². The lowest BCUT2D eigenvalue weighted by Gasteiger charge is -2.40. The van der Waals surface area contributed by atoms with Gasteiger partial charge in [0.15, 0.2) is 0 Å². The van der Waals surface area contributed by atoms with Gasteiger partial charge in [-0.3, -0.25) is 4.79 Å². The van der Waals surface area contributed by atoms with Gasteiger partial charge in [0.05, 0.1) is 5.54 Å². The lowest BCUT2D eigenvalue weighted by molar-refractivity contribution is -0.117. The van der Waals surface area contributed by atoms with Gasteiger partial charge >= 0.3 is 0 Å². The first-order valence-corrected chi connectivity index (χ1v) is 6.75. The zero-order valence-corrected chi connectivity index (χ0v) is 9.98. The van der Waals surface area contributed by atoms with Crippen LogP contribution in [0.15, 0.2) is 24.3 Å². The summed E-state index contributed by atoms with van der Waals surface area (Å²) in [6.45, 7) is 0. The summed E-state index contributed by atoms with van der Waals surface area (Å²) < 4.78 is 0. The van der Waals surface area contributed by atoms with Crippen molar-refractivity contribution >= 4 is 11.6 Å². The summed E-state index contributed by atoms with van der Waals surface area (Å²) in [6, 6.07) is 8.56. The average molecular weight is 227 g/mol. The Morgan fingerprint density at radius 3 is 3.00 bits per heavy atom. The van der Waals surface area contributed by atoms with E-state index in [1.54, 1.807) is 0 Å². The standard InChI is InChI=1S/C15H17NO/c17-14-8-10-15-9-4-3-6-12(15)11-5-1-2-7-13(11)16(14)15/h1-2,5,7,12H,3-4,6,8-10H2/t12-,15?/m1/s1. The van der Waals surface area contributed by atoms with Crippen molar-refractivity contribution in [1.29, 1.82) is 0 Å². The highest BCUT2D eigenvalue weighted by Gasteiger charge is 2.57. The molecule has 1 aliphatic carbocycles. The third kappa shape index (κ3) is 1.04. The van der Waals surface area contributed by atoms with Crippen molar-refractivity contribution in [3.63, 3.8) is 0 Å². The molecule has 1 saturated carbocycles. The number of amides is 1. The van der Waals surface area contributed by atoms with Crippen LogP contribution in [0, 0.1) is 0 Å². The molecule has 2 heteroatoms. The Labute approximate surface area is 102 Å². The highest BCUT2D eigenvalue weighted by molar-refractivity contribution is 6.00. The van der Waals surface area contributed by atoms with Crippen LogP contribution in [-0.4, -0.2) is 11.4 Å². The molecule has 4 rings (SSSR count). The average Bonchev–Trinajstić information content (AvgIpc) is 2.83.